The van der Waals surface area contributed by atoms with E-state index in [1.54, 1.807) is 16.3 Å². The summed E-state index contributed by atoms with van der Waals surface area (Å²) in [5, 5.41) is 5.25. The number of hydrogen-bond acceptors (Lipinski definition) is 5. The zero-order chi connectivity index (χ0) is 20.5. The fraction of sp³-hybridized carbons (Fsp3) is 0.286. The Hall–Kier alpha value is -2.97. The van der Waals surface area contributed by atoms with Crippen LogP contribution < -0.4 is 10.3 Å². The third-order valence-electron chi connectivity index (χ3n) is 4.86. The van der Waals surface area contributed by atoms with E-state index in [2.05, 4.69) is 22.1 Å². The molecule has 0 radical (unpaired) electrons. The van der Waals surface area contributed by atoms with Crippen molar-refractivity contribution in [2.75, 3.05) is 13.7 Å². The van der Waals surface area contributed by atoms with Crippen molar-refractivity contribution in [3.05, 3.63) is 69.2 Å². The predicted molar refractivity (Wildman–Crippen MR) is 116 cm³/mol. The minimum Gasteiger partial charge on any atom is -0.494 e. The molecular formula is C21H23N5O2S. The molecule has 0 spiro atoms. The van der Waals surface area contributed by atoms with Crippen LogP contribution in [-0.2, 0) is 20.3 Å². The highest BCUT2D eigenvalue weighted by Crippen LogP contribution is 2.15. The SMILES string of the molecule is CCOc1ccc(CN(C)Cn2nc3n(C)c(=O)c4ccccc4n3c2=S)cc1. The van der Waals surface area contributed by atoms with E-state index in [1.807, 2.05) is 54.8 Å². The molecule has 0 saturated carbocycles. The van der Waals surface area contributed by atoms with E-state index in [4.69, 9.17) is 17.0 Å². The number of ether oxygens (including phenoxy) is 1. The molecule has 4 rings (SSSR count). The molecule has 0 atom stereocenters. The Kier molecular flexibility index (Phi) is 5.21. The van der Waals surface area contributed by atoms with Gasteiger partial charge < -0.3 is 4.74 Å². The molecule has 0 aliphatic heterocycles. The zero-order valence-corrected chi connectivity index (χ0v) is 17.5. The Morgan fingerprint density at radius 2 is 1.86 bits per heavy atom. The van der Waals surface area contributed by atoms with Crippen LogP contribution in [0.2, 0.25) is 0 Å². The Morgan fingerprint density at radius 1 is 1.14 bits per heavy atom. The summed E-state index contributed by atoms with van der Waals surface area (Å²) >= 11 is 5.69. The van der Waals surface area contributed by atoms with E-state index in [-0.39, 0.29) is 5.56 Å². The highest BCUT2D eigenvalue weighted by Gasteiger charge is 2.14. The minimum atomic E-state index is -0.0806. The fourth-order valence-electron chi connectivity index (χ4n) is 3.49. The predicted octanol–water partition coefficient (Wildman–Crippen LogP) is 3.21. The van der Waals surface area contributed by atoms with E-state index in [9.17, 15) is 4.79 Å². The largest absolute Gasteiger partial charge is 0.494 e. The molecule has 2 aromatic heterocycles. The van der Waals surface area contributed by atoms with Gasteiger partial charge in [0.25, 0.3) is 5.56 Å². The van der Waals surface area contributed by atoms with Gasteiger partial charge >= 0.3 is 0 Å². The molecule has 29 heavy (non-hydrogen) atoms. The van der Waals surface area contributed by atoms with Gasteiger partial charge in [-0.05, 0) is 56.0 Å². The monoisotopic (exact) mass is 409 g/mol. The van der Waals surface area contributed by atoms with E-state index in [0.29, 0.717) is 29.2 Å². The third-order valence-corrected chi connectivity index (χ3v) is 5.26. The second-order valence-corrected chi connectivity index (χ2v) is 7.40. The molecule has 8 heteroatoms. The van der Waals surface area contributed by atoms with Gasteiger partial charge in [0.05, 0.1) is 24.2 Å². The standard InChI is InChI=1S/C21H23N5O2S/c1-4-28-16-11-9-15(10-12-16)13-23(2)14-25-21(29)26-18-8-6-5-7-17(18)19(27)24(3)20(26)22-25/h5-12H,4,13-14H2,1-3H3. The van der Waals surface area contributed by atoms with Crippen LogP contribution in [0.25, 0.3) is 16.7 Å². The van der Waals surface area contributed by atoms with Gasteiger partial charge in [0.1, 0.15) is 5.75 Å². The number of fused-ring (bicyclic) bond motifs is 3. The first-order valence-corrected chi connectivity index (χ1v) is 9.88. The summed E-state index contributed by atoms with van der Waals surface area (Å²) in [5.41, 5.74) is 1.86. The Labute approximate surface area is 173 Å². The van der Waals surface area contributed by atoms with Crippen LogP contribution in [0.5, 0.6) is 5.75 Å². The molecule has 150 valence electrons. The molecule has 7 nitrogen and oxygen atoms in total. The van der Waals surface area contributed by atoms with E-state index >= 15 is 0 Å². The first kappa shape index (κ1) is 19.4. The second kappa shape index (κ2) is 7.81. The average Bonchev–Trinajstić information content (AvgIpc) is 3.04. The topological polar surface area (TPSA) is 56.7 Å². The van der Waals surface area contributed by atoms with Crippen molar-refractivity contribution >= 4 is 28.9 Å². The molecule has 0 unspecified atom stereocenters. The molecule has 0 aliphatic rings. The van der Waals surface area contributed by atoms with Crippen molar-refractivity contribution in [3.8, 4) is 5.75 Å². The molecule has 0 aliphatic carbocycles. The molecular weight excluding hydrogens is 386 g/mol. The first-order valence-electron chi connectivity index (χ1n) is 9.47. The highest BCUT2D eigenvalue weighted by molar-refractivity contribution is 7.71. The summed E-state index contributed by atoms with van der Waals surface area (Å²) in [4.78, 5) is 14.8. The van der Waals surface area contributed by atoms with Crippen LogP contribution in [-0.4, -0.2) is 37.3 Å². The van der Waals surface area contributed by atoms with Gasteiger partial charge in [-0.25, -0.2) is 4.68 Å². The summed E-state index contributed by atoms with van der Waals surface area (Å²) in [6.07, 6.45) is 0. The van der Waals surface area contributed by atoms with Crippen molar-refractivity contribution in [2.45, 2.75) is 20.1 Å². The minimum absolute atomic E-state index is 0.0806. The van der Waals surface area contributed by atoms with Gasteiger partial charge in [-0.1, -0.05) is 24.3 Å². The van der Waals surface area contributed by atoms with E-state index in [0.717, 1.165) is 17.8 Å². The quantitative estimate of drug-likeness (QED) is 0.458. The summed E-state index contributed by atoms with van der Waals surface area (Å²) in [7, 11) is 3.74. The molecule has 0 fully saturated rings. The highest BCUT2D eigenvalue weighted by atomic mass is 32.1. The van der Waals surface area contributed by atoms with Crippen LogP contribution in [0.15, 0.2) is 53.3 Å². The molecule has 0 saturated heterocycles. The Morgan fingerprint density at radius 3 is 2.59 bits per heavy atom. The Balaban J connectivity index is 1.65. The number of aryl methyl sites for hydroxylation is 1. The van der Waals surface area contributed by atoms with Gasteiger partial charge in [0.15, 0.2) is 0 Å². The van der Waals surface area contributed by atoms with Crippen LogP contribution in [0.3, 0.4) is 0 Å². The molecule has 2 heterocycles. The number of hydrogen-bond donors (Lipinski definition) is 0. The lowest BCUT2D eigenvalue weighted by Crippen LogP contribution is -2.22. The third kappa shape index (κ3) is 3.56. The van der Waals surface area contributed by atoms with Gasteiger partial charge in [0.2, 0.25) is 10.5 Å². The second-order valence-electron chi connectivity index (χ2n) is 7.03. The Bertz CT molecular complexity index is 1290. The maximum atomic E-state index is 12.6. The van der Waals surface area contributed by atoms with Gasteiger partial charge in [-0.3, -0.25) is 18.7 Å². The lowest BCUT2D eigenvalue weighted by atomic mass is 10.2. The lowest BCUT2D eigenvalue weighted by Gasteiger charge is -2.16. The maximum absolute atomic E-state index is 12.6. The van der Waals surface area contributed by atoms with Crippen LogP contribution in [0.1, 0.15) is 12.5 Å². The van der Waals surface area contributed by atoms with Gasteiger partial charge in [0, 0.05) is 13.6 Å². The fourth-order valence-corrected chi connectivity index (χ4v) is 3.76. The van der Waals surface area contributed by atoms with Gasteiger partial charge in [-0.15, -0.1) is 5.10 Å². The smallest absolute Gasteiger partial charge is 0.262 e. The molecule has 0 amide bonds. The molecule has 0 N–H and O–H groups in total. The normalized spacial score (nSPS) is 11.6. The lowest BCUT2D eigenvalue weighted by molar-refractivity contribution is 0.244. The van der Waals surface area contributed by atoms with E-state index in [1.165, 1.54) is 5.56 Å². The first-order chi connectivity index (χ1) is 14.0. The number of nitrogens with zero attached hydrogens (tertiary/aromatic N) is 5. The van der Waals surface area contributed by atoms with Crippen molar-refractivity contribution in [3.63, 3.8) is 0 Å². The average molecular weight is 410 g/mol. The number of benzene rings is 2. The van der Waals surface area contributed by atoms with Crippen molar-refractivity contribution in [1.29, 1.82) is 0 Å². The number of aromatic nitrogens is 4. The van der Waals surface area contributed by atoms with Crippen LogP contribution in [0.4, 0.5) is 0 Å². The molecule has 4 aromatic rings. The van der Waals surface area contributed by atoms with Crippen LogP contribution in [0, 0.1) is 4.77 Å². The van der Waals surface area contributed by atoms with Crippen molar-refractivity contribution in [2.24, 2.45) is 7.05 Å². The van der Waals surface area contributed by atoms with Gasteiger partial charge in [-0.2, -0.15) is 0 Å². The van der Waals surface area contributed by atoms with E-state index < -0.39 is 0 Å². The maximum Gasteiger partial charge on any atom is 0.262 e. The van der Waals surface area contributed by atoms with Crippen molar-refractivity contribution < 1.29 is 4.74 Å². The van der Waals surface area contributed by atoms with Crippen LogP contribution >= 0.6 is 12.2 Å². The molecule has 2 aromatic carbocycles. The number of para-hydroxylation sites is 1. The molecule has 0 bridgehead atoms. The van der Waals surface area contributed by atoms with Crippen molar-refractivity contribution in [1.82, 2.24) is 23.6 Å². The summed E-state index contributed by atoms with van der Waals surface area (Å²) < 4.78 is 11.2. The summed E-state index contributed by atoms with van der Waals surface area (Å²) in [6, 6.07) is 15.5. The summed E-state index contributed by atoms with van der Waals surface area (Å²) in [5.74, 6) is 1.41. The summed E-state index contributed by atoms with van der Waals surface area (Å²) in [6.45, 7) is 3.87. The zero-order valence-electron chi connectivity index (χ0n) is 16.7. The number of rotatable bonds is 6.